The molecule has 68 valence electrons. The first-order valence-corrected chi connectivity index (χ1v) is 4.35. The van der Waals surface area contributed by atoms with E-state index in [2.05, 4.69) is 0 Å². The van der Waals surface area contributed by atoms with Crippen LogP contribution in [0.1, 0.15) is 6.92 Å². The quantitative estimate of drug-likeness (QED) is 0.627. The minimum atomic E-state index is -4.55. The van der Waals surface area contributed by atoms with Gasteiger partial charge < -0.3 is 5.11 Å². The topological polar surface area (TPSA) is 66.4 Å². The van der Waals surface area contributed by atoms with Crippen molar-refractivity contribution in [3.8, 4) is 0 Å². The lowest BCUT2D eigenvalue weighted by Crippen LogP contribution is -2.38. The van der Waals surface area contributed by atoms with Crippen LogP contribution in [0.5, 0.6) is 0 Å². The molecule has 0 saturated carbocycles. The second kappa shape index (κ2) is 3.93. The van der Waals surface area contributed by atoms with E-state index in [1.54, 1.807) is 4.72 Å². The maximum absolute atomic E-state index is 11.6. The molecule has 0 aliphatic rings. The average molecular weight is 189 g/mol. The Kier molecular flexibility index (Phi) is 3.84. The number of hydrogen-bond acceptors (Lipinski definition) is 3. The minimum Gasteiger partial charge on any atom is -0.395 e. The second-order valence-electron chi connectivity index (χ2n) is 2.01. The van der Waals surface area contributed by atoms with Gasteiger partial charge in [-0.05, 0) is 6.92 Å². The Morgan fingerprint density at radius 3 is 2.27 bits per heavy atom. The Labute approximate surface area is 63.3 Å². The van der Waals surface area contributed by atoms with Gasteiger partial charge in [-0.3, -0.25) is 0 Å². The fourth-order valence-corrected chi connectivity index (χ4v) is 1.11. The number of sulfonamides is 1. The molecule has 0 aromatic rings. The van der Waals surface area contributed by atoms with Gasteiger partial charge in [0, 0.05) is 6.04 Å². The van der Waals surface area contributed by atoms with Gasteiger partial charge in [-0.2, -0.15) is 8.78 Å². The molecule has 0 aliphatic heterocycles. The van der Waals surface area contributed by atoms with E-state index < -0.39 is 28.4 Å². The van der Waals surface area contributed by atoms with Crippen LogP contribution >= 0.6 is 0 Å². The van der Waals surface area contributed by atoms with E-state index >= 15 is 0 Å². The molecule has 0 unspecified atom stereocenters. The number of nitrogens with one attached hydrogen (secondary N) is 1. The van der Waals surface area contributed by atoms with Gasteiger partial charge in [0.05, 0.1) is 6.61 Å². The van der Waals surface area contributed by atoms with Crippen LogP contribution in [0.4, 0.5) is 8.78 Å². The predicted molar refractivity (Wildman–Crippen MR) is 34.6 cm³/mol. The number of halogens is 2. The largest absolute Gasteiger partial charge is 0.395 e. The highest BCUT2D eigenvalue weighted by molar-refractivity contribution is 7.89. The van der Waals surface area contributed by atoms with Crippen molar-refractivity contribution >= 4 is 10.0 Å². The Bertz CT molecular complexity index is 203. The van der Waals surface area contributed by atoms with Crippen molar-refractivity contribution in [1.82, 2.24) is 4.72 Å². The molecule has 7 heteroatoms. The first-order chi connectivity index (χ1) is 4.90. The van der Waals surface area contributed by atoms with Crippen molar-refractivity contribution in [2.75, 3.05) is 6.61 Å². The summed E-state index contributed by atoms with van der Waals surface area (Å²) in [4.78, 5) is 0. The molecule has 0 aromatic carbocycles. The predicted octanol–water partition coefficient (Wildman–Crippen LogP) is -0.491. The molecule has 0 fully saturated rings. The highest BCUT2D eigenvalue weighted by atomic mass is 32.2. The summed E-state index contributed by atoms with van der Waals surface area (Å²) in [6, 6.07) is -0.881. The van der Waals surface area contributed by atoms with E-state index in [1.165, 1.54) is 6.92 Å². The van der Waals surface area contributed by atoms with Crippen LogP contribution in [0.3, 0.4) is 0 Å². The lowest BCUT2D eigenvalue weighted by Gasteiger charge is -2.09. The van der Waals surface area contributed by atoms with E-state index in [0.29, 0.717) is 0 Å². The third-order valence-corrected chi connectivity index (χ3v) is 2.07. The zero-order valence-corrected chi connectivity index (χ0v) is 6.61. The third kappa shape index (κ3) is 3.59. The summed E-state index contributed by atoms with van der Waals surface area (Å²) in [5.74, 6) is -3.45. The molecule has 1 atom stereocenters. The third-order valence-electron chi connectivity index (χ3n) is 0.874. The Morgan fingerprint density at radius 2 is 2.00 bits per heavy atom. The molecule has 0 aliphatic carbocycles. The van der Waals surface area contributed by atoms with Gasteiger partial charge in [-0.1, -0.05) is 0 Å². The first kappa shape index (κ1) is 10.7. The van der Waals surface area contributed by atoms with E-state index in [-0.39, 0.29) is 0 Å². The molecule has 11 heavy (non-hydrogen) atoms. The fraction of sp³-hybridized carbons (Fsp3) is 1.00. The smallest absolute Gasteiger partial charge is 0.350 e. The maximum Gasteiger partial charge on any atom is 0.350 e. The van der Waals surface area contributed by atoms with Gasteiger partial charge >= 0.3 is 5.76 Å². The second-order valence-corrected chi connectivity index (χ2v) is 3.69. The summed E-state index contributed by atoms with van der Waals surface area (Å²) in [7, 11) is -4.55. The summed E-state index contributed by atoms with van der Waals surface area (Å²) in [5.41, 5.74) is 0. The van der Waals surface area contributed by atoms with E-state index in [0.717, 1.165) is 0 Å². The molecule has 0 radical (unpaired) electrons. The van der Waals surface area contributed by atoms with Crippen LogP contribution in [-0.2, 0) is 10.0 Å². The fourth-order valence-electron chi connectivity index (χ4n) is 0.369. The van der Waals surface area contributed by atoms with Gasteiger partial charge in [0.1, 0.15) is 0 Å². The normalized spacial score (nSPS) is 15.4. The lowest BCUT2D eigenvalue weighted by atomic mass is 10.4. The highest BCUT2D eigenvalue weighted by Crippen LogP contribution is 2.02. The van der Waals surface area contributed by atoms with Crippen molar-refractivity contribution in [3.05, 3.63) is 0 Å². The molecule has 2 N–H and O–H groups in total. The summed E-state index contributed by atoms with van der Waals surface area (Å²) in [6.07, 6.45) is 0. The van der Waals surface area contributed by atoms with Crippen molar-refractivity contribution in [3.63, 3.8) is 0 Å². The lowest BCUT2D eigenvalue weighted by molar-refractivity contribution is 0.225. The monoisotopic (exact) mass is 189 g/mol. The van der Waals surface area contributed by atoms with Gasteiger partial charge in [0.25, 0.3) is 10.0 Å². The summed E-state index contributed by atoms with van der Waals surface area (Å²) >= 11 is 0. The minimum absolute atomic E-state index is 0.508. The number of aliphatic hydroxyl groups excluding tert-OH is 1. The SMILES string of the molecule is C[C@@H](CO)NS(=O)(=O)C(F)F. The van der Waals surface area contributed by atoms with Gasteiger partial charge in [-0.15, -0.1) is 0 Å². The highest BCUT2D eigenvalue weighted by Gasteiger charge is 2.24. The molecular formula is C4H9F2NO3S. The Balaban J connectivity index is 4.15. The van der Waals surface area contributed by atoms with Gasteiger partial charge in [0.2, 0.25) is 0 Å². The van der Waals surface area contributed by atoms with E-state index in [9.17, 15) is 17.2 Å². The van der Waals surface area contributed by atoms with Crippen molar-refractivity contribution in [2.45, 2.75) is 18.7 Å². The van der Waals surface area contributed by atoms with Gasteiger partial charge in [-0.25, -0.2) is 13.1 Å². The molecular weight excluding hydrogens is 180 g/mol. The van der Waals surface area contributed by atoms with Crippen LogP contribution in [-0.4, -0.2) is 31.9 Å². The standard InChI is InChI=1S/C4H9F2NO3S/c1-3(2-8)7-11(9,10)4(5)6/h3-4,7-8H,2H2,1H3/t3-/m0/s1. The molecule has 0 aromatic heterocycles. The Morgan fingerprint density at radius 1 is 1.55 bits per heavy atom. The van der Waals surface area contributed by atoms with Crippen LogP contribution in [0.25, 0.3) is 0 Å². The summed E-state index contributed by atoms with van der Waals surface area (Å²) < 4.78 is 45.4. The van der Waals surface area contributed by atoms with Crippen LogP contribution in [0.15, 0.2) is 0 Å². The zero-order valence-electron chi connectivity index (χ0n) is 5.79. The summed E-state index contributed by atoms with van der Waals surface area (Å²) in [6.45, 7) is 0.770. The number of aliphatic hydroxyl groups is 1. The van der Waals surface area contributed by atoms with Gasteiger partial charge in [0.15, 0.2) is 0 Å². The van der Waals surface area contributed by atoms with Crippen molar-refractivity contribution < 1.29 is 22.3 Å². The first-order valence-electron chi connectivity index (χ1n) is 2.80. The molecule has 0 saturated heterocycles. The van der Waals surface area contributed by atoms with E-state index in [4.69, 9.17) is 5.11 Å². The van der Waals surface area contributed by atoms with Crippen molar-refractivity contribution in [2.24, 2.45) is 0 Å². The van der Waals surface area contributed by atoms with Crippen LogP contribution < -0.4 is 4.72 Å². The van der Waals surface area contributed by atoms with E-state index in [1.807, 2.05) is 0 Å². The summed E-state index contributed by atoms with van der Waals surface area (Å²) in [5, 5.41) is 8.31. The number of hydrogen-bond donors (Lipinski definition) is 2. The molecule has 0 heterocycles. The van der Waals surface area contributed by atoms with Crippen LogP contribution in [0, 0.1) is 0 Å². The van der Waals surface area contributed by atoms with Crippen LogP contribution in [0.2, 0.25) is 0 Å². The van der Waals surface area contributed by atoms with Crippen molar-refractivity contribution in [1.29, 1.82) is 0 Å². The zero-order chi connectivity index (χ0) is 9.07. The number of rotatable bonds is 4. The number of alkyl halides is 2. The molecule has 0 amide bonds. The molecule has 0 spiro atoms. The molecule has 4 nitrogen and oxygen atoms in total. The molecule has 0 rings (SSSR count). The maximum atomic E-state index is 11.6. The molecule has 0 bridgehead atoms. The average Bonchev–Trinajstić information content (AvgIpc) is 1.86. The Hall–Kier alpha value is -0.270.